The normalized spacial score (nSPS) is 11.0. The highest BCUT2D eigenvalue weighted by Crippen LogP contribution is 2.32. The molecule has 124 valence electrons. The Bertz CT molecular complexity index is 896. The predicted octanol–water partition coefficient (Wildman–Crippen LogP) is 5.27. The van der Waals surface area contributed by atoms with Gasteiger partial charge >= 0.3 is 0 Å². The number of benzene rings is 2. The molecule has 3 rings (SSSR count). The van der Waals surface area contributed by atoms with Gasteiger partial charge < -0.3 is 10.3 Å². The van der Waals surface area contributed by atoms with Gasteiger partial charge in [-0.25, -0.2) is 9.37 Å². The van der Waals surface area contributed by atoms with Crippen molar-refractivity contribution in [1.82, 2.24) is 9.55 Å². The lowest BCUT2D eigenvalue weighted by atomic mass is 10.1. The van der Waals surface area contributed by atoms with Crippen molar-refractivity contribution in [3.63, 3.8) is 0 Å². The number of hydrogen-bond donors (Lipinski definition) is 1. The Balaban J connectivity index is 2.02. The molecule has 0 aliphatic heterocycles. The second-order valence-electron chi connectivity index (χ2n) is 5.23. The number of nitrogens with zero attached hydrogens (tertiary/aromatic N) is 2. The molecule has 7 heteroatoms. The Kier molecular flexibility index (Phi) is 5.25. The highest BCUT2D eigenvalue weighted by molar-refractivity contribution is 9.10. The maximum absolute atomic E-state index is 14.0. The van der Waals surface area contributed by atoms with E-state index in [0.717, 1.165) is 15.7 Å². The van der Waals surface area contributed by atoms with E-state index in [1.165, 1.54) is 6.07 Å². The van der Waals surface area contributed by atoms with Gasteiger partial charge in [-0.2, -0.15) is 0 Å². The Morgan fingerprint density at radius 2 is 1.96 bits per heavy atom. The third-order valence-corrected chi connectivity index (χ3v) is 4.72. The minimum absolute atomic E-state index is 0.254. The van der Waals surface area contributed by atoms with Crippen LogP contribution in [0.15, 0.2) is 47.2 Å². The van der Waals surface area contributed by atoms with Gasteiger partial charge in [0, 0.05) is 27.2 Å². The zero-order chi connectivity index (χ0) is 17.3. The molecule has 1 heterocycles. The fourth-order valence-corrected chi connectivity index (χ4v) is 3.42. The van der Waals surface area contributed by atoms with Gasteiger partial charge in [0.2, 0.25) is 0 Å². The van der Waals surface area contributed by atoms with Crippen molar-refractivity contribution < 1.29 is 4.39 Å². The van der Waals surface area contributed by atoms with E-state index in [4.69, 9.17) is 28.9 Å². The van der Waals surface area contributed by atoms with Crippen LogP contribution in [0.4, 0.5) is 4.39 Å². The smallest absolute Gasteiger partial charge is 0.128 e. The molecule has 0 bridgehead atoms. The maximum Gasteiger partial charge on any atom is 0.128 e. The zero-order valence-corrected chi connectivity index (χ0v) is 15.5. The van der Waals surface area contributed by atoms with Crippen LogP contribution in [0.2, 0.25) is 10.0 Å². The van der Waals surface area contributed by atoms with Gasteiger partial charge in [0.05, 0.1) is 29.3 Å². The maximum atomic E-state index is 14.0. The van der Waals surface area contributed by atoms with Crippen LogP contribution in [0.25, 0.3) is 11.3 Å². The van der Waals surface area contributed by atoms with Crippen molar-refractivity contribution in [2.24, 2.45) is 5.73 Å². The lowest BCUT2D eigenvalue weighted by Crippen LogP contribution is -2.09. The van der Waals surface area contributed by atoms with Crippen LogP contribution in [0.5, 0.6) is 0 Å². The SMILES string of the molecule is NCc1c(-c2ccc(Cl)cc2Cl)ncn1Cc1cc(Br)ccc1F. The average Bonchev–Trinajstić information content (AvgIpc) is 2.93. The van der Waals surface area contributed by atoms with Crippen molar-refractivity contribution in [2.45, 2.75) is 13.1 Å². The van der Waals surface area contributed by atoms with Gasteiger partial charge in [-0.15, -0.1) is 0 Å². The summed E-state index contributed by atoms with van der Waals surface area (Å²) in [6.45, 7) is 0.583. The molecule has 0 saturated carbocycles. The van der Waals surface area contributed by atoms with E-state index in [1.807, 2.05) is 4.57 Å². The van der Waals surface area contributed by atoms with Gasteiger partial charge in [-0.1, -0.05) is 39.1 Å². The summed E-state index contributed by atoms with van der Waals surface area (Å²) in [5.74, 6) is -0.277. The van der Waals surface area contributed by atoms with Gasteiger partial charge in [0.1, 0.15) is 5.82 Å². The van der Waals surface area contributed by atoms with Crippen molar-refractivity contribution in [3.05, 3.63) is 74.3 Å². The first kappa shape index (κ1) is 17.4. The molecule has 2 N–H and O–H groups in total. The number of nitrogens with two attached hydrogens (primary N) is 1. The lowest BCUT2D eigenvalue weighted by molar-refractivity contribution is 0.595. The van der Waals surface area contributed by atoms with E-state index in [0.29, 0.717) is 27.8 Å². The highest BCUT2D eigenvalue weighted by atomic mass is 79.9. The summed E-state index contributed by atoms with van der Waals surface area (Å²) in [5, 5.41) is 1.05. The van der Waals surface area contributed by atoms with Crippen LogP contribution in [0, 0.1) is 5.82 Å². The van der Waals surface area contributed by atoms with E-state index in [9.17, 15) is 4.39 Å². The van der Waals surface area contributed by atoms with E-state index in [2.05, 4.69) is 20.9 Å². The molecule has 3 aromatic rings. The molecule has 0 aliphatic carbocycles. The van der Waals surface area contributed by atoms with Gasteiger partial charge in [0.15, 0.2) is 0 Å². The molecule has 0 fully saturated rings. The summed E-state index contributed by atoms with van der Waals surface area (Å²) in [5.41, 5.74) is 8.65. The minimum atomic E-state index is -0.277. The summed E-state index contributed by atoms with van der Waals surface area (Å²) in [6.07, 6.45) is 1.64. The van der Waals surface area contributed by atoms with Gasteiger partial charge in [0.25, 0.3) is 0 Å². The quantitative estimate of drug-likeness (QED) is 0.615. The molecule has 0 radical (unpaired) electrons. The molecule has 0 spiro atoms. The van der Waals surface area contributed by atoms with E-state index < -0.39 is 0 Å². The molecule has 3 nitrogen and oxygen atoms in total. The molecular formula is C17H13BrCl2FN3. The molecule has 0 saturated heterocycles. The Morgan fingerprint density at radius 3 is 2.67 bits per heavy atom. The molecule has 2 aromatic carbocycles. The minimum Gasteiger partial charge on any atom is -0.328 e. The standard InChI is InChI=1S/C17H13BrCl2FN3/c18-11-1-4-15(21)10(5-11)8-24-9-23-17(16(24)7-22)13-3-2-12(19)6-14(13)20/h1-6,9H,7-8,22H2. The molecule has 0 amide bonds. The number of rotatable bonds is 4. The van der Waals surface area contributed by atoms with Gasteiger partial charge in [-0.05, 0) is 36.4 Å². The Hall–Kier alpha value is -1.40. The van der Waals surface area contributed by atoms with Crippen LogP contribution < -0.4 is 5.73 Å². The highest BCUT2D eigenvalue weighted by Gasteiger charge is 2.16. The number of aromatic nitrogens is 2. The average molecular weight is 429 g/mol. The molecule has 0 aliphatic rings. The Morgan fingerprint density at radius 1 is 1.17 bits per heavy atom. The molecule has 0 atom stereocenters. The molecule has 0 unspecified atom stereocenters. The number of hydrogen-bond acceptors (Lipinski definition) is 2. The lowest BCUT2D eigenvalue weighted by Gasteiger charge is -2.10. The molecular weight excluding hydrogens is 416 g/mol. The number of imidazole rings is 1. The summed E-state index contributed by atoms with van der Waals surface area (Å²) >= 11 is 15.6. The fraction of sp³-hybridized carbons (Fsp3) is 0.118. The van der Waals surface area contributed by atoms with Crippen molar-refractivity contribution >= 4 is 39.1 Å². The Labute approximate surface area is 157 Å². The third kappa shape index (κ3) is 3.49. The van der Waals surface area contributed by atoms with E-state index in [1.54, 1.807) is 36.7 Å². The summed E-state index contributed by atoms with van der Waals surface area (Å²) in [4.78, 5) is 4.42. The largest absolute Gasteiger partial charge is 0.328 e. The fourth-order valence-electron chi connectivity index (χ4n) is 2.51. The van der Waals surface area contributed by atoms with Crippen LogP contribution in [0.1, 0.15) is 11.3 Å². The van der Waals surface area contributed by atoms with Crippen molar-refractivity contribution in [2.75, 3.05) is 0 Å². The third-order valence-electron chi connectivity index (χ3n) is 3.67. The monoisotopic (exact) mass is 427 g/mol. The zero-order valence-electron chi connectivity index (χ0n) is 12.4. The van der Waals surface area contributed by atoms with E-state index >= 15 is 0 Å². The van der Waals surface area contributed by atoms with Crippen LogP contribution in [-0.2, 0) is 13.1 Å². The second-order valence-corrected chi connectivity index (χ2v) is 6.99. The van der Waals surface area contributed by atoms with Crippen LogP contribution in [-0.4, -0.2) is 9.55 Å². The topological polar surface area (TPSA) is 43.8 Å². The summed E-state index contributed by atoms with van der Waals surface area (Å²) < 4.78 is 16.6. The summed E-state index contributed by atoms with van der Waals surface area (Å²) in [7, 11) is 0. The summed E-state index contributed by atoms with van der Waals surface area (Å²) in [6, 6.07) is 10.0. The second kappa shape index (κ2) is 7.23. The first-order valence-electron chi connectivity index (χ1n) is 7.13. The first-order valence-corrected chi connectivity index (χ1v) is 8.68. The predicted molar refractivity (Wildman–Crippen MR) is 98.8 cm³/mol. The van der Waals surface area contributed by atoms with Crippen LogP contribution in [0.3, 0.4) is 0 Å². The molecule has 24 heavy (non-hydrogen) atoms. The van der Waals surface area contributed by atoms with Crippen LogP contribution >= 0.6 is 39.1 Å². The van der Waals surface area contributed by atoms with E-state index in [-0.39, 0.29) is 12.4 Å². The van der Waals surface area contributed by atoms with Crippen molar-refractivity contribution in [3.8, 4) is 11.3 Å². The molecule has 1 aromatic heterocycles. The first-order chi connectivity index (χ1) is 11.5. The van der Waals surface area contributed by atoms with Crippen molar-refractivity contribution in [1.29, 1.82) is 0 Å². The van der Waals surface area contributed by atoms with Gasteiger partial charge in [-0.3, -0.25) is 0 Å². The number of halogens is 4.